The summed E-state index contributed by atoms with van der Waals surface area (Å²) in [4.78, 5) is 25.0. The van der Waals surface area contributed by atoms with Gasteiger partial charge in [-0.05, 0) is 32.6 Å². The van der Waals surface area contributed by atoms with Crippen molar-refractivity contribution in [3.63, 3.8) is 0 Å². The Morgan fingerprint density at radius 1 is 1.37 bits per heavy atom. The second kappa shape index (κ2) is 6.89. The second-order valence-corrected chi connectivity index (χ2v) is 5.51. The molecular formula is C14H25N2O3+. The third-order valence-corrected chi connectivity index (χ3v) is 4.28. The van der Waals surface area contributed by atoms with Crippen LogP contribution >= 0.6 is 0 Å². The van der Waals surface area contributed by atoms with Crippen LogP contribution in [0.25, 0.3) is 0 Å². The molecule has 1 aliphatic heterocycles. The summed E-state index contributed by atoms with van der Waals surface area (Å²) in [5.41, 5.74) is 0. The Morgan fingerprint density at radius 3 is 2.79 bits per heavy atom. The van der Waals surface area contributed by atoms with Crippen LogP contribution in [0.5, 0.6) is 0 Å². The normalized spacial score (nSPS) is 28.8. The van der Waals surface area contributed by atoms with Crippen molar-refractivity contribution in [3.05, 3.63) is 0 Å². The number of quaternary nitrogens is 1. The van der Waals surface area contributed by atoms with Gasteiger partial charge in [0.15, 0.2) is 6.04 Å². The van der Waals surface area contributed by atoms with E-state index in [4.69, 9.17) is 4.74 Å². The molecule has 2 rings (SSSR count). The van der Waals surface area contributed by atoms with Gasteiger partial charge in [-0.25, -0.2) is 0 Å². The largest absolute Gasteiger partial charge is 0.466 e. The molecule has 1 heterocycles. The van der Waals surface area contributed by atoms with Crippen molar-refractivity contribution >= 4 is 11.9 Å². The number of hydrogen-bond donors (Lipinski definition) is 2. The van der Waals surface area contributed by atoms with Crippen molar-refractivity contribution in [1.82, 2.24) is 5.32 Å². The van der Waals surface area contributed by atoms with Crippen LogP contribution in [0.2, 0.25) is 0 Å². The van der Waals surface area contributed by atoms with E-state index in [-0.39, 0.29) is 24.3 Å². The van der Waals surface area contributed by atoms with Crippen LogP contribution in [0.4, 0.5) is 0 Å². The first-order valence-electron chi connectivity index (χ1n) is 7.51. The van der Waals surface area contributed by atoms with Gasteiger partial charge in [0.1, 0.15) is 6.42 Å². The van der Waals surface area contributed by atoms with Crippen molar-refractivity contribution < 1.29 is 19.2 Å². The van der Waals surface area contributed by atoms with Gasteiger partial charge < -0.3 is 15.0 Å². The van der Waals surface area contributed by atoms with Gasteiger partial charge in [-0.1, -0.05) is 6.42 Å². The SMILES string of the molecule is CCOC(=O)C[C@H]1C(=O)NCC[NH+]1C1CCCCC1. The van der Waals surface area contributed by atoms with Gasteiger partial charge in [-0.15, -0.1) is 0 Å². The number of piperazine rings is 1. The van der Waals surface area contributed by atoms with Crippen LogP contribution < -0.4 is 10.2 Å². The average molecular weight is 269 g/mol. The highest BCUT2D eigenvalue weighted by atomic mass is 16.5. The minimum absolute atomic E-state index is 0.0138. The number of ether oxygens (including phenoxy) is 1. The molecule has 1 amide bonds. The molecule has 0 aromatic heterocycles. The molecule has 5 heteroatoms. The summed E-state index contributed by atoms with van der Waals surface area (Å²) in [6.45, 7) is 3.83. The maximum absolute atomic E-state index is 12.0. The minimum atomic E-state index is -0.254. The first kappa shape index (κ1) is 14.3. The number of carbonyl (C=O) groups is 2. The molecule has 0 aromatic rings. The third-order valence-electron chi connectivity index (χ3n) is 4.28. The fourth-order valence-electron chi connectivity index (χ4n) is 3.37. The molecule has 0 spiro atoms. The first-order chi connectivity index (χ1) is 9.22. The van der Waals surface area contributed by atoms with E-state index in [1.807, 2.05) is 0 Å². The van der Waals surface area contributed by atoms with Crippen molar-refractivity contribution in [2.45, 2.75) is 57.5 Å². The summed E-state index contributed by atoms with van der Waals surface area (Å²) in [5.74, 6) is -0.238. The van der Waals surface area contributed by atoms with E-state index in [0.717, 1.165) is 13.1 Å². The number of amides is 1. The molecule has 19 heavy (non-hydrogen) atoms. The molecule has 0 aromatic carbocycles. The Bertz CT molecular complexity index is 327. The molecule has 1 saturated carbocycles. The van der Waals surface area contributed by atoms with Crippen LogP contribution in [0.15, 0.2) is 0 Å². The molecule has 0 bridgehead atoms. The summed E-state index contributed by atoms with van der Waals surface area (Å²) in [6.07, 6.45) is 6.39. The molecule has 5 nitrogen and oxygen atoms in total. The van der Waals surface area contributed by atoms with E-state index in [1.54, 1.807) is 6.92 Å². The van der Waals surface area contributed by atoms with E-state index >= 15 is 0 Å². The quantitative estimate of drug-likeness (QED) is 0.686. The maximum Gasteiger partial charge on any atom is 0.312 e. The summed E-state index contributed by atoms with van der Waals surface area (Å²) < 4.78 is 5.00. The Morgan fingerprint density at radius 2 is 2.11 bits per heavy atom. The predicted molar refractivity (Wildman–Crippen MR) is 70.8 cm³/mol. The Balaban J connectivity index is 2.00. The van der Waals surface area contributed by atoms with Crippen LogP contribution in [-0.2, 0) is 14.3 Å². The molecule has 2 aliphatic rings. The Hall–Kier alpha value is -1.10. The smallest absolute Gasteiger partial charge is 0.312 e. The van der Waals surface area contributed by atoms with Gasteiger partial charge in [0.25, 0.3) is 5.91 Å². The van der Waals surface area contributed by atoms with Gasteiger partial charge in [0.2, 0.25) is 0 Å². The van der Waals surface area contributed by atoms with Gasteiger partial charge in [-0.3, -0.25) is 9.59 Å². The monoisotopic (exact) mass is 269 g/mol. The van der Waals surface area contributed by atoms with Crippen molar-refractivity contribution in [2.75, 3.05) is 19.7 Å². The highest BCUT2D eigenvalue weighted by Gasteiger charge is 2.40. The van der Waals surface area contributed by atoms with E-state index < -0.39 is 0 Å². The lowest BCUT2D eigenvalue weighted by molar-refractivity contribution is -0.943. The van der Waals surface area contributed by atoms with E-state index in [2.05, 4.69) is 5.32 Å². The summed E-state index contributed by atoms with van der Waals surface area (Å²) >= 11 is 0. The number of esters is 1. The van der Waals surface area contributed by atoms with Crippen LogP contribution in [0.3, 0.4) is 0 Å². The van der Waals surface area contributed by atoms with Gasteiger partial charge in [0, 0.05) is 0 Å². The highest BCUT2D eigenvalue weighted by Crippen LogP contribution is 2.16. The number of nitrogens with one attached hydrogen (secondary N) is 2. The molecular weight excluding hydrogens is 244 g/mol. The lowest BCUT2D eigenvalue weighted by atomic mass is 9.92. The van der Waals surface area contributed by atoms with E-state index in [1.165, 1.54) is 37.0 Å². The zero-order valence-corrected chi connectivity index (χ0v) is 11.7. The van der Waals surface area contributed by atoms with Gasteiger partial charge in [0.05, 0.1) is 25.7 Å². The molecule has 2 N–H and O–H groups in total. The van der Waals surface area contributed by atoms with Gasteiger partial charge in [-0.2, -0.15) is 0 Å². The average Bonchev–Trinajstić information content (AvgIpc) is 2.42. The molecule has 2 atom stereocenters. The predicted octanol–water partition coefficient (Wildman–Crippen LogP) is -0.344. The zero-order chi connectivity index (χ0) is 13.7. The highest BCUT2D eigenvalue weighted by molar-refractivity contribution is 5.85. The summed E-state index contributed by atoms with van der Waals surface area (Å²) in [7, 11) is 0. The fourth-order valence-corrected chi connectivity index (χ4v) is 3.37. The van der Waals surface area contributed by atoms with Crippen LogP contribution in [0.1, 0.15) is 45.4 Å². The van der Waals surface area contributed by atoms with Crippen molar-refractivity contribution in [2.24, 2.45) is 0 Å². The molecule has 1 saturated heterocycles. The molecule has 1 unspecified atom stereocenters. The number of carbonyl (C=O) groups excluding carboxylic acids is 2. The van der Waals surface area contributed by atoms with Crippen molar-refractivity contribution in [3.8, 4) is 0 Å². The van der Waals surface area contributed by atoms with Crippen LogP contribution in [-0.4, -0.2) is 43.7 Å². The van der Waals surface area contributed by atoms with Crippen molar-refractivity contribution in [1.29, 1.82) is 0 Å². The number of rotatable bonds is 4. The standard InChI is InChI=1S/C14H24N2O3/c1-2-19-13(17)10-12-14(18)15-8-9-16(12)11-6-4-3-5-7-11/h11-12H,2-10H2,1H3,(H,15,18)/p+1/t12-/m0/s1. The lowest BCUT2D eigenvalue weighted by Crippen LogP contribution is -3.22. The third kappa shape index (κ3) is 3.69. The Kier molecular flexibility index (Phi) is 5.19. The molecule has 1 aliphatic carbocycles. The van der Waals surface area contributed by atoms with E-state index in [9.17, 15) is 9.59 Å². The molecule has 0 radical (unpaired) electrons. The topological polar surface area (TPSA) is 59.8 Å². The molecule has 108 valence electrons. The second-order valence-electron chi connectivity index (χ2n) is 5.51. The summed E-state index contributed by atoms with van der Waals surface area (Å²) in [6, 6.07) is 0.287. The maximum atomic E-state index is 12.0. The summed E-state index contributed by atoms with van der Waals surface area (Å²) in [5, 5.41) is 2.88. The van der Waals surface area contributed by atoms with Gasteiger partial charge >= 0.3 is 5.97 Å². The Labute approximate surface area is 114 Å². The minimum Gasteiger partial charge on any atom is -0.466 e. The lowest BCUT2D eigenvalue weighted by Gasteiger charge is -2.38. The van der Waals surface area contributed by atoms with E-state index in [0.29, 0.717) is 12.6 Å². The molecule has 2 fully saturated rings. The van der Waals surface area contributed by atoms with Crippen LogP contribution in [0, 0.1) is 0 Å². The first-order valence-corrected chi connectivity index (χ1v) is 7.51. The fraction of sp³-hybridized carbons (Fsp3) is 0.857. The zero-order valence-electron chi connectivity index (χ0n) is 11.7. The number of hydrogen-bond acceptors (Lipinski definition) is 3.